The third-order valence-electron chi connectivity index (χ3n) is 4.39. The van der Waals surface area contributed by atoms with Crippen LogP contribution >= 0.6 is 0 Å². The van der Waals surface area contributed by atoms with Crippen molar-refractivity contribution in [1.29, 1.82) is 0 Å². The maximum absolute atomic E-state index is 4.87. The van der Waals surface area contributed by atoms with Gasteiger partial charge in [0.2, 0.25) is 0 Å². The van der Waals surface area contributed by atoms with Gasteiger partial charge in [0.25, 0.3) is 0 Å². The number of nitrogens with one attached hydrogen (secondary N) is 1. The summed E-state index contributed by atoms with van der Waals surface area (Å²) in [7, 11) is 0. The highest BCUT2D eigenvalue weighted by molar-refractivity contribution is 6.20. The molecule has 1 N–H and O–H groups in total. The van der Waals surface area contributed by atoms with E-state index in [2.05, 4.69) is 58.3 Å². The SMILES string of the molecule is CC.Cc1ccc(-c2nc3c4cccnc4c4ncccc4c3[nH]2)cc1. The Morgan fingerprint density at radius 1 is 0.731 bits per heavy atom. The zero-order chi connectivity index (χ0) is 18.1. The number of hydrogen-bond acceptors (Lipinski definition) is 3. The molecule has 3 heterocycles. The van der Waals surface area contributed by atoms with Gasteiger partial charge in [-0.25, -0.2) is 4.98 Å². The minimum absolute atomic E-state index is 0.867. The van der Waals surface area contributed by atoms with E-state index in [1.54, 1.807) is 12.4 Å². The Kier molecular flexibility index (Phi) is 4.09. The summed E-state index contributed by atoms with van der Waals surface area (Å²) in [6.07, 6.45) is 3.61. The number of aromatic amines is 1. The zero-order valence-electron chi connectivity index (χ0n) is 15.1. The summed E-state index contributed by atoms with van der Waals surface area (Å²) < 4.78 is 0. The third-order valence-corrected chi connectivity index (χ3v) is 4.39. The van der Waals surface area contributed by atoms with Crippen LogP contribution in [0.5, 0.6) is 0 Å². The Bertz CT molecular complexity index is 1130. The summed E-state index contributed by atoms with van der Waals surface area (Å²) in [5.74, 6) is 0.867. The second kappa shape index (κ2) is 6.56. The molecular weight excluding hydrogens is 320 g/mol. The van der Waals surface area contributed by atoms with Gasteiger partial charge in [-0.05, 0) is 31.2 Å². The Labute approximate surface area is 152 Å². The largest absolute Gasteiger partial charge is 0.337 e. The fourth-order valence-electron chi connectivity index (χ4n) is 3.19. The van der Waals surface area contributed by atoms with Gasteiger partial charge in [-0.15, -0.1) is 0 Å². The Morgan fingerprint density at radius 3 is 2.04 bits per heavy atom. The maximum atomic E-state index is 4.87. The number of nitrogens with zero attached hydrogens (tertiary/aromatic N) is 3. The number of aryl methyl sites for hydroxylation is 1. The first kappa shape index (κ1) is 16.2. The lowest BCUT2D eigenvalue weighted by molar-refractivity contribution is 1.33. The molecule has 0 spiro atoms. The molecule has 26 heavy (non-hydrogen) atoms. The smallest absolute Gasteiger partial charge is 0.138 e. The number of imidazole rings is 1. The van der Waals surface area contributed by atoms with E-state index < -0.39 is 0 Å². The van der Waals surface area contributed by atoms with Crippen molar-refractivity contribution in [1.82, 2.24) is 19.9 Å². The van der Waals surface area contributed by atoms with Crippen molar-refractivity contribution in [2.45, 2.75) is 20.8 Å². The van der Waals surface area contributed by atoms with E-state index >= 15 is 0 Å². The molecular formula is C22H20N4. The first-order valence-electron chi connectivity index (χ1n) is 8.89. The molecule has 0 saturated heterocycles. The summed E-state index contributed by atoms with van der Waals surface area (Å²) in [4.78, 5) is 17.4. The molecule has 4 heteroatoms. The number of hydrogen-bond donors (Lipinski definition) is 1. The first-order chi connectivity index (χ1) is 12.8. The predicted molar refractivity (Wildman–Crippen MR) is 108 cm³/mol. The van der Waals surface area contributed by atoms with Crippen molar-refractivity contribution >= 4 is 32.8 Å². The summed E-state index contributed by atoms with van der Waals surface area (Å²) in [5.41, 5.74) is 6.05. The second-order valence-electron chi connectivity index (χ2n) is 5.97. The van der Waals surface area contributed by atoms with Gasteiger partial charge in [-0.1, -0.05) is 43.7 Å². The minimum Gasteiger partial charge on any atom is -0.337 e. The number of benzene rings is 2. The van der Waals surface area contributed by atoms with E-state index in [1.165, 1.54) is 5.56 Å². The summed E-state index contributed by atoms with van der Waals surface area (Å²) in [5, 5.41) is 2.07. The molecule has 4 nitrogen and oxygen atoms in total. The molecule has 0 fully saturated rings. The molecule has 5 rings (SSSR count). The van der Waals surface area contributed by atoms with Crippen molar-refractivity contribution in [2.75, 3.05) is 0 Å². The van der Waals surface area contributed by atoms with Gasteiger partial charge in [-0.2, -0.15) is 0 Å². The van der Waals surface area contributed by atoms with Gasteiger partial charge >= 0.3 is 0 Å². The van der Waals surface area contributed by atoms with Crippen LogP contribution in [0.25, 0.3) is 44.2 Å². The lowest BCUT2D eigenvalue weighted by Crippen LogP contribution is -1.86. The van der Waals surface area contributed by atoms with E-state index in [1.807, 2.05) is 26.0 Å². The van der Waals surface area contributed by atoms with Gasteiger partial charge in [0.1, 0.15) is 5.82 Å². The standard InChI is InChI=1S/C20H14N4.C2H6/c1-12-6-8-13(9-7-12)20-23-18-14-4-2-10-21-16(14)17-15(19(18)24-20)5-3-11-22-17;1-2/h2-11H,1H3,(H,23,24);1-2H3. The quantitative estimate of drug-likeness (QED) is 0.401. The molecule has 0 amide bonds. The summed E-state index contributed by atoms with van der Waals surface area (Å²) in [6.45, 7) is 6.08. The summed E-state index contributed by atoms with van der Waals surface area (Å²) >= 11 is 0. The van der Waals surface area contributed by atoms with Crippen LogP contribution in [0, 0.1) is 6.92 Å². The maximum Gasteiger partial charge on any atom is 0.138 e. The molecule has 0 bridgehead atoms. The number of rotatable bonds is 1. The fraction of sp³-hybridized carbons (Fsp3) is 0.136. The van der Waals surface area contributed by atoms with Gasteiger partial charge in [0.05, 0.1) is 22.1 Å². The molecule has 0 aliphatic rings. The van der Waals surface area contributed by atoms with Gasteiger partial charge < -0.3 is 4.98 Å². The molecule has 5 aromatic rings. The first-order valence-corrected chi connectivity index (χ1v) is 8.89. The highest BCUT2D eigenvalue weighted by atomic mass is 14.9. The lowest BCUT2D eigenvalue weighted by Gasteiger charge is -2.03. The van der Waals surface area contributed by atoms with Gasteiger partial charge in [0, 0.05) is 28.7 Å². The van der Waals surface area contributed by atoms with Crippen molar-refractivity contribution in [2.24, 2.45) is 0 Å². The van der Waals surface area contributed by atoms with Gasteiger partial charge in [0.15, 0.2) is 0 Å². The average Bonchev–Trinajstić information content (AvgIpc) is 3.16. The monoisotopic (exact) mass is 340 g/mol. The molecule has 128 valence electrons. The minimum atomic E-state index is 0.867. The average molecular weight is 340 g/mol. The molecule has 0 aliphatic carbocycles. The highest BCUT2D eigenvalue weighted by Crippen LogP contribution is 2.33. The van der Waals surface area contributed by atoms with Crippen LogP contribution in [0.15, 0.2) is 60.9 Å². The summed E-state index contributed by atoms with van der Waals surface area (Å²) in [6, 6.07) is 16.4. The Hall–Kier alpha value is -3.27. The lowest BCUT2D eigenvalue weighted by atomic mass is 10.1. The Morgan fingerprint density at radius 2 is 1.35 bits per heavy atom. The molecule has 0 radical (unpaired) electrons. The van der Waals surface area contributed by atoms with Crippen LogP contribution in [0.4, 0.5) is 0 Å². The van der Waals surface area contributed by atoms with Crippen LogP contribution in [0.3, 0.4) is 0 Å². The van der Waals surface area contributed by atoms with Crippen molar-refractivity contribution in [3.05, 3.63) is 66.5 Å². The molecule has 0 aliphatic heterocycles. The van der Waals surface area contributed by atoms with E-state index in [0.29, 0.717) is 0 Å². The predicted octanol–water partition coefficient (Wildman–Crippen LogP) is 5.66. The third kappa shape index (κ3) is 2.51. The van der Waals surface area contributed by atoms with E-state index in [4.69, 9.17) is 4.98 Å². The Balaban J connectivity index is 0.000000814. The molecule has 0 atom stereocenters. The van der Waals surface area contributed by atoms with Crippen LogP contribution in [0.1, 0.15) is 19.4 Å². The molecule has 2 aromatic carbocycles. The van der Waals surface area contributed by atoms with Crippen LogP contribution in [-0.2, 0) is 0 Å². The zero-order valence-corrected chi connectivity index (χ0v) is 15.1. The normalized spacial score (nSPS) is 10.9. The van der Waals surface area contributed by atoms with E-state index in [9.17, 15) is 0 Å². The van der Waals surface area contributed by atoms with E-state index in [0.717, 1.165) is 44.2 Å². The van der Waals surface area contributed by atoms with Crippen molar-refractivity contribution in [3.63, 3.8) is 0 Å². The highest BCUT2D eigenvalue weighted by Gasteiger charge is 2.14. The topological polar surface area (TPSA) is 54.5 Å². The fourth-order valence-corrected chi connectivity index (χ4v) is 3.19. The number of fused-ring (bicyclic) bond motifs is 6. The van der Waals surface area contributed by atoms with Crippen LogP contribution in [-0.4, -0.2) is 19.9 Å². The van der Waals surface area contributed by atoms with Crippen molar-refractivity contribution in [3.8, 4) is 11.4 Å². The van der Waals surface area contributed by atoms with Crippen LogP contribution in [0.2, 0.25) is 0 Å². The molecule has 0 saturated carbocycles. The molecule has 3 aromatic heterocycles. The number of H-pyrrole nitrogens is 1. The molecule has 0 unspecified atom stereocenters. The van der Waals surface area contributed by atoms with Gasteiger partial charge in [-0.3, -0.25) is 9.97 Å². The van der Waals surface area contributed by atoms with Crippen molar-refractivity contribution < 1.29 is 0 Å². The second-order valence-corrected chi connectivity index (χ2v) is 5.97. The van der Waals surface area contributed by atoms with E-state index in [-0.39, 0.29) is 0 Å². The number of aromatic nitrogens is 4. The van der Waals surface area contributed by atoms with Crippen LogP contribution < -0.4 is 0 Å². The number of pyridine rings is 2.